The van der Waals surface area contributed by atoms with E-state index in [-0.39, 0.29) is 5.91 Å². The topological polar surface area (TPSA) is 64.1 Å². The zero-order valence-electron chi connectivity index (χ0n) is 20.2. The normalized spacial score (nSPS) is 14.3. The van der Waals surface area contributed by atoms with Crippen LogP contribution in [0.2, 0.25) is 0 Å². The first-order valence-corrected chi connectivity index (χ1v) is 12.7. The number of unbranched alkanes of at least 4 members (excludes halogenated alkanes) is 1. The molecule has 1 saturated heterocycles. The number of aryl methyl sites for hydroxylation is 1. The number of hydrogen-bond acceptors (Lipinski definition) is 7. The second-order valence-corrected chi connectivity index (χ2v) is 9.37. The number of anilines is 1. The molecule has 3 aromatic rings. The van der Waals surface area contributed by atoms with E-state index < -0.39 is 0 Å². The maximum atomic E-state index is 13.7. The van der Waals surface area contributed by atoms with Crippen molar-refractivity contribution in [1.29, 1.82) is 0 Å². The molecule has 0 spiro atoms. The van der Waals surface area contributed by atoms with Gasteiger partial charge < -0.3 is 14.2 Å². The van der Waals surface area contributed by atoms with Crippen LogP contribution in [0.25, 0.3) is 10.2 Å². The van der Waals surface area contributed by atoms with E-state index in [1.54, 1.807) is 12.0 Å². The van der Waals surface area contributed by atoms with Gasteiger partial charge in [-0.3, -0.25) is 14.6 Å². The number of amides is 1. The number of aromatic nitrogens is 1. The molecule has 0 aliphatic carbocycles. The number of hydrogen-bond donors (Lipinski definition) is 0. The number of ether oxygens (including phenoxy) is 3. The summed E-state index contributed by atoms with van der Waals surface area (Å²) < 4.78 is 17.8. The highest BCUT2D eigenvalue weighted by Gasteiger charge is 2.24. The Morgan fingerprint density at radius 1 is 1.18 bits per heavy atom. The maximum absolute atomic E-state index is 13.7. The number of benzene rings is 2. The Bertz CT molecular complexity index is 1090. The zero-order chi connectivity index (χ0) is 23.9. The van der Waals surface area contributed by atoms with Gasteiger partial charge >= 0.3 is 0 Å². The molecular weight excluding hydrogens is 450 g/mol. The van der Waals surface area contributed by atoms with Gasteiger partial charge in [0.25, 0.3) is 5.91 Å². The molecule has 8 heteroatoms. The minimum absolute atomic E-state index is 0.0657. The van der Waals surface area contributed by atoms with Crippen LogP contribution in [0.4, 0.5) is 5.13 Å². The molecule has 34 heavy (non-hydrogen) atoms. The summed E-state index contributed by atoms with van der Waals surface area (Å²) in [6.07, 6.45) is 2.09. The smallest absolute Gasteiger partial charge is 0.260 e. The third-order valence-corrected chi connectivity index (χ3v) is 7.21. The first-order valence-electron chi connectivity index (χ1n) is 11.9. The van der Waals surface area contributed by atoms with Gasteiger partial charge in [-0.1, -0.05) is 30.7 Å². The van der Waals surface area contributed by atoms with E-state index in [0.29, 0.717) is 23.8 Å². The van der Waals surface area contributed by atoms with Crippen LogP contribution in [0.5, 0.6) is 11.5 Å². The molecule has 0 saturated carbocycles. The molecule has 0 atom stereocenters. The minimum Gasteiger partial charge on any atom is -0.494 e. The van der Waals surface area contributed by atoms with Gasteiger partial charge in [0.1, 0.15) is 17.0 Å². The van der Waals surface area contributed by atoms with Gasteiger partial charge in [0.15, 0.2) is 5.13 Å². The summed E-state index contributed by atoms with van der Waals surface area (Å²) in [6, 6.07) is 11.4. The second kappa shape index (κ2) is 11.6. The van der Waals surface area contributed by atoms with Gasteiger partial charge in [0.2, 0.25) is 0 Å². The molecule has 4 rings (SSSR count). The predicted molar refractivity (Wildman–Crippen MR) is 137 cm³/mol. The van der Waals surface area contributed by atoms with Gasteiger partial charge in [-0.15, -0.1) is 0 Å². The fourth-order valence-electron chi connectivity index (χ4n) is 3.91. The fraction of sp³-hybridized carbons (Fsp3) is 0.462. The Balaban J connectivity index is 1.60. The lowest BCUT2D eigenvalue weighted by molar-refractivity contribution is 0.0391. The Morgan fingerprint density at radius 3 is 2.65 bits per heavy atom. The van der Waals surface area contributed by atoms with Crippen molar-refractivity contribution in [3.63, 3.8) is 0 Å². The molecule has 2 aromatic carbocycles. The van der Waals surface area contributed by atoms with Crippen molar-refractivity contribution in [2.75, 3.05) is 58.0 Å². The molecule has 182 valence electrons. The van der Waals surface area contributed by atoms with E-state index in [4.69, 9.17) is 19.2 Å². The van der Waals surface area contributed by atoms with E-state index in [0.717, 1.165) is 73.0 Å². The Morgan fingerprint density at radius 2 is 1.94 bits per heavy atom. The molecule has 0 unspecified atom stereocenters. The van der Waals surface area contributed by atoms with Crippen molar-refractivity contribution in [2.45, 2.75) is 26.7 Å². The van der Waals surface area contributed by atoms with Gasteiger partial charge in [-0.25, -0.2) is 4.98 Å². The van der Waals surface area contributed by atoms with Crippen molar-refractivity contribution in [3.05, 3.63) is 47.5 Å². The SMILES string of the molecule is CCCCOc1ccc(C(=O)N(CCN2CCOCC2)c2nc3c(OC)ccc(C)c3s2)cc1. The molecule has 1 aromatic heterocycles. The summed E-state index contributed by atoms with van der Waals surface area (Å²) in [4.78, 5) is 22.7. The lowest BCUT2D eigenvalue weighted by atomic mass is 10.2. The van der Waals surface area contributed by atoms with E-state index >= 15 is 0 Å². The van der Waals surface area contributed by atoms with Gasteiger partial charge in [0, 0.05) is 31.7 Å². The monoisotopic (exact) mass is 483 g/mol. The molecule has 1 aliphatic rings. The standard InChI is InChI=1S/C26H33N3O4S/c1-4-5-16-33-21-9-7-20(8-10-21)25(30)29(13-12-28-14-17-32-18-15-28)26-27-23-22(31-3)11-6-19(2)24(23)34-26/h6-11H,4-5,12-18H2,1-3H3. The highest BCUT2D eigenvalue weighted by molar-refractivity contribution is 7.22. The molecule has 1 amide bonds. The maximum Gasteiger partial charge on any atom is 0.260 e. The van der Waals surface area contributed by atoms with Crippen molar-refractivity contribution < 1.29 is 19.0 Å². The zero-order valence-corrected chi connectivity index (χ0v) is 21.0. The largest absolute Gasteiger partial charge is 0.494 e. The van der Waals surface area contributed by atoms with Gasteiger partial charge in [-0.05, 0) is 49.2 Å². The van der Waals surface area contributed by atoms with Crippen LogP contribution >= 0.6 is 11.3 Å². The van der Waals surface area contributed by atoms with E-state index in [9.17, 15) is 4.79 Å². The van der Waals surface area contributed by atoms with Crippen molar-refractivity contribution in [3.8, 4) is 11.5 Å². The van der Waals surface area contributed by atoms with Crippen LogP contribution in [0.1, 0.15) is 35.7 Å². The third-order valence-electron chi connectivity index (χ3n) is 6.00. The van der Waals surface area contributed by atoms with E-state index in [2.05, 4.69) is 18.7 Å². The minimum atomic E-state index is -0.0657. The molecule has 2 heterocycles. The summed E-state index contributed by atoms with van der Waals surface area (Å²) >= 11 is 1.53. The summed E-state index contributed by atoms with van der Waals surface area (Å²) in [7, 11) is 1.65. The average molecular weight is 484 g/mol. The number of carbonyl (C=O) groups excluding carboxylic acids is 1. The Kier molecular flexibility index (Phi) is 8.37. The van der Waals surface area contributed by atoms with Crippen molar-refractivity contribution in [2.24, 2.45) is 0 Å². The highest BCUT2D eigenvalue weighted by Crippen LogP contribution is 2.37. The van der Waals surface area contributed by atoms with Crippen LogP contribution in [-0.2, 0) is 4.74 Å². The number of morpholine rings is 1. The lowest BCUT2D eigenvalue weighted by Gasteiger charge is -2.29. The first kappa shape index (κ1) is 24.4. The van der Waals surface area contributed by atoms with E-state index in [1.165, 1.54) is 11.3 Å². The molecule has 7 nitrogen and oxygen atoms in total. The molecule has 0 radical (unpaired) electrons. The van der Waals surface area contributed by atoms with Crippen molar-refractivity contribution in [1.82, 2.24) is 9.88 Å². The molecule has 1 aliphatic heterocycles. The van der Waals surface area contributed by atoms with Crippen LogP contribution < -0.4 is 14.4 Å². The summed E-state index contributed by atoms with van der Waals surface area (Å²) in [6.45, 7) is 9.39. The highest BCUT2D eigenvalue weighted by atomic mass is 32.1. The summed E-state index contributed by atoms with van der Waals surface area (Å²) in [5, 5.41) is 0.684. The molecule has 1 fully saturated rings. The van der Waals surface area contributed by atoms with Gasteiger partial charge in [0.05, 0.1) is 31.6 Å². The Labute approximate surface area is 205 Å². The number of methoxy groups -OCH3 is 1. The number of rotatable bonds is 10. The quantitative estimate of drug-likeness (QED) is 0.387. The van der Waals surface area contributed by atoms with Crippen molar-refractivity contribution >= 4 is 32.6 Å². The average Bonchev–Trinajstić information content (AvgIpc) is 3.32. The predicted octanol–water partition coefficient (Wildman–Crippen LogP) is 4.77. The van der Waals surface area contributed by atoms with Crippen LogP contribution in [0.3, 0.4) is 0 Å². The third kappa shape index (κ3) is 5.68. The second-order valence-electron chi connectivity index (χ2n) is 8.40. The van der Waals surface area contributed by atoms with Gasteiger partial charge in [-0.2, -0.15) is 0 Å². The lowest BCUT2D eigenvalue weighted by Crippen LogP contribution is -2.43. The molecule has 0 bridgehead atoms. The van der Waals surface area contributed by atoms with Crippen LogP contribution in [0, 0.1) is 6.92 Å². The first-order chi connectivity index (χ1) is 16.6. The summed E-state index contributed by atoms with van der Waals surface area (Å²) in [5.41, 5.74) is 2.54. The fourth-order valence-corrected chi connectivity index (χ4v) is 4.99. The molecule has 0 N–H and O–H groups in total. The number of fused-ring (bicyclic) bond motifs is 1. The number of carbonyl (C=O) groups is 1. The number of thiazole rings is 1. The summed E-state index contributed by atoms with van der Waals surface area (Å²) in [5.74, 6) is 1.44. The van der Waals surface area contributed by atoms with E-state index in [1.807, 2.05) is 36.4 Å². The van der Waals surface area contributed by atoms with Crippen LogP contribution in [0.15, 0.2) is 36.4 Å². The molecular formula is C26H33N3O4S. The Hall–Kier alpha value is -2.68. The van der Waals surface area contributed by atoms with Crippen LogP contribution in [-0.4, -0.2) is 68.9 Å². The number of nitrogens with zero attached hydrogens (tertiary/aromatic N) is 3.